The third-order valence-electron chi connectivity index (χ3n) is 6.59. The van der Waals surface area contributed by atoms with E-state index in [9.17, 15) is 18.8 Å². The van der Waals surface area contributed by atoms with Crippen molar-refractivity contribution < 1.29 is 18.8 Å². The van der Waals surface area contributed by atoms with Gasteiger partial charge in [0.15, 0.2) is 5.13 Å². The molecule has 5 aromatic rings. The predicted molar refractivity (Wildman–Crippen MR) is 180 cm³/mol. The smallest absolute Gasteiger partial charge is 0.272 e. The van der Waals surface area contributed by atoms with Crippen LogP contribution >= 0.6 is 23.1 Å². The molecule has 0 fully saturated rings. The fourth-order valence-electron chi connectivity index (χ4n) is 4.14. The molecule has 4 aromatic carbocycles. The number of rotatable bonds is 10. The van der Waals surface area contributed by atoms with Gasteiger partial charge in [-0.25, -0.2) is 9.37 Å². The number of thiazole rings is 1. The lowest BCUT2D eigenvalue weighted by molar-refractivity contribution is -0.115. The number of carbonyl (C=O) groups is 3. The third-order valence-corrected chi connectivity index (χ3v) is 8.46. The van der Waals surface area contributed by atoms with Crippen molar-refractivity contribution in [3.8, 4) is 11.3 Å². The van der Waals surface area contributed by atoms with Crippen molar-refractivity contribution in [3.05, 3.63) is 137 Å². The summed E-state index contributed by atoms with van der Waals surface area (Å²) in [4.78, 5) is 44.3. The Balaban J connectivity index is 1.20. The van der Waals surface area contributed by atoms with E-state index in [-0.39, 0.29) is 17.4 Å². The Morgan fingerprint density at radius 3 is 2.24 bits per heavy atom. The number of halogens is 1. The van der Waals surface area contributed by atoms with Crippen molar-refractivity contribution in [2.24, 2.45) is 0 Å². The molecule has 10 heteroatoms. The van der Waals surface area contributed by atoms with Gasteiger partial charge in [-0.3, -0.25) is 14.4 Å². The van der Waals surface area contributed by atoms with Crippen LogP contribution in [0.5, 0.6) is 0 Å². The van der Waals surface area contributed by atoms with Gasteiger partial charge in [0.2, 0.25) is 5.91 Å². The van der Waals surface area contributed by atoms with Gasteiger partial charge in [-0.05, 0) is 86.2 Å². The molecule has 0 saturated carbocycles. The predicted octanol–water partition coefficient (Wildman–Crippen LogP) is 7.79. The molecule has 0 bridgehead atoms. The number of hydrogen-bond donors (Lipinski definition) is 3. The molecule has 3 amide bonds. The van der Waals surface area contributed by atoms with E-state index in [2.05, 4.69) is 20.9 Å². The van der Waals surface area contributed by atoms with Crippen LogP contribution in [0, 0.1) is 12.7 Å². The van der Waals surface area contributed by atoms with Crippen LogP contribution in [0.1, 0.15) is 28.4 Å². The van der Waals surface area contributed by atoms with E-state index in [0.717, 1.165) is 21.6 Å². The van der Waals surface area contributed by atoms with Crippen LogP contribution < -0.4 is 16.0 Å². The van der Waals surface area contributed by atoms with Crippen molar-refractivity contribution >= 4 is 57.7 Å². The first-order valence-electron chi connectivity index (χ1n) is 14.0. The molecular weight excluding hydrogens is 608 g/mol. The Morgan fingerprint density at radius 1 is 0.867 bits per heavy atom. The highest BCUT2D eigenvalue weighted by Gasteiger charge is 2.18. The highest BCUT2D eigenvalue weighted by atomic mass is 32.2. The number of amides is 3. The zero-order valence-corrected chi connectivity index (χ0v) is 26.0. The maximum Gasteiger partial charge on any atom is 0.272 e. The number of nitrogens with one attached hydrogen (secondary N) is 3. The van der Waals surface area contributed by atoms with Crippen LogP contribution in [0.4, 0.5) is 15.2 Å². The number of aromatic nitrogens is 1. The monoisotopic (exact) mass is 636 g/mol. The van der Waals surface area contributed by atoms with Crippen molar-refractivity contribution in [2.45, 2.75) is 24.0 Å². The first-order chi connectivity index (χ1) is 21.7. The van der Waals surface area contributed by atoms with Gasteiger partial charge in [-0.15, -0.1) is 23.1 Å². The molecule has 3 N–H and O–H groups in total. The van der Waals surface area contributed by atoms with Crippen LogP contribution in [0.25, 0.3) is 17.3 Å². The fourth-order valence-corrected chi connectivity index (χ4v) is 5.73. The number of hydrogen-bond acceptors (Lipinski definition) is 6. The number of benzene rings is 4. The fraction of sp³-hybridized carbons (Fsp3) is 0.0857. The van der Waals surface area contributed by atoms with E-state index in [1.807, 2.05) is 54.8 Å². The molecule has 1 atom stereocenters. The Kier molecular flexibility index (Phi) is 10.2. The molecule has 5 rings (SSSR count). The Morgan fingerprint density at radius 2 is 1.56 bits per heavy atom. The highest BCUT2D eigenvalue weighted by Crippen LogP contribution is 2.28. The number of nitrogens with zero attached hydrogens (tertiary/aromatic N) is 1. The van der Waals surface area contributed by atoms with Gasteiger partial charge in [0.1, 0.15) is 11.5 Å². The molecule has 7 nitrogen and oxygen atoms in total. The van der Waals surface area contributed by atoms with E-state index in [4.69, 9.17) is 0 Å². The summed E-state index contributed by atoms with van der Waals surface area (Å²) in [5.74, 6) is -1.41. The van der Waals surface area contributed by atoms with Gasteiger partial charge in [-0.1, -0.05) is 48.0 Å². The van der Waals surface area contributed by atoms with Crippen LogP contribution in [-0.2, 0) is 9.59 Å². The molecule has 0 radical (unpaired) electrons. The standard InChI is InChI=1S/C35H29FN4O3S2/c1-22-8-10-24(11-9-22)20-30(38-33(42)26-6-4-3-5-7-26)34(43)37-28-16-18-29(19-17-28)45-23(2)32(41)40-35-39-31(21-44-35)25-12-14-27(36)15-13-25/h3-21,23H,1-2H3,(H,37,43)(H,38,42)(H,39,40,41)/b30-20-. The summed E-state index contributed by atoms with van der Waals surface area (Å²) in [6, 6.07) is 29.4. The van der Waals surface area contributed by atoms with E-state index < -0.39 is 17.1 Å². The largest absolute Gasteiger partial charge is 0.321 e. The summed E-state index contributed by atoms with van der Waals surface area (Å²) >= 11 is 2.66. The molecule has 0 saturated heterocycles. The summed E-state index contributed by atoms with van der Waals surface area (Å²) in [6.45, 7) is 3.77. The van der Waals surface area contributed by atoms with Crippen molar-refractivity contribution in [2.75, 3.05) is 10.6 Å². The van der Waals surface area contributed by atoms with Gasteiger partial charge in [-0.2, -0.15) is 0 Å². The second-order valence-electron chi connectivity index (χ2n) is 10.1. The Bertz CT molecular complexity index is 1820. The summed E-state index contributed by atoms with van der Waals surface area (Å²) in [7, 11) is 0. The van der Waals surface area contributed by atoms with Crippen molar-refractivity contribution in [1.29, 1.82) is 0 Å². The molecule has 0 aliphatic heterocycles. The highest BCUT2D eigenvalue weighted by molar-refractivity contribution is 8.00. The number of anilines is 2. The van der Waals surface area contributed by atoms with Gasteiger partial charge >= 0.3 is 0 Å². The summed E-state index contributed by atoms with van der Waals surface area (Å²) in [6.07, 6.45) is 1.63. The molecule has 0 aliphatic carbocycles. The molecule has 0 aliphatic rings. The second kappa shape index (κ2) is 14.6. The quantitative estimate of drug-likeness (QED) is 0.107. The van der Waals surface area contributed by atoms with Crippen LogP contribution in [0.2, 0.25) is 0 Å². The average Bonchev–Trinajstić information content (AvgIpc) is 3.51. The molecule has 0 spiro atoms. The first-order valence-corrected chi connectivity index (χ1v) is 15.7. The van der Waals surface area contributed by atoms with E-state index in [1.165, 1.54) is 35.2 Å². The number of aryl methyl sites for hydroxylation is 1. The van der Waals surface area contributed by atoms with Crippen LogP contribution in [0.15, 0.2) is 119 Å². The van der Waals surface area contributed by atoms with Gasteiger partial charge < -0.3 is 16.0 Å². The number of thioether (sulfide) groups is 1. The summed E-state index contributed by atoms with van der Waals surface area (Å²) < 4.78 is 13.2. The zero-order valence-electron chi connectivity index (χ0n) is 24.4. The van der Waals surface area contributed by atoms with E-state index >= 15 is 0 Å². The summed E-state index contributed by atoms with van der Waals surface area (Å²) in [5.41, 5.74) is 4.33. The Labute approximate surface area is 268 Å². The summed E-state index contributed by atoms with van der Waals surface area (Å²) in [5, 5.41) is 10.3. The molecule has 1 unspecified atom stereocenters. The lowest BCUT2D eigenvalue weighted by atomic mass is 10.1. The maximum atomic E-state index is 13.3. The van der Waals surface area contributed by atoms with Gasteiger partial charge in [0.05, 0.1) is 10.9 Å². The second-order valence-corrected chi connectivity index (χ2v) is 12.3. The van der Waals surface area contributed by atoms with Gasteiger partial charge in [0.25, 0.3) is 11.8 Å². The average molecular weight is 637 g/mol. The molecule has 1 heterocycles. The normalized spacial score (nSPS) is 11.8. The molecule has 226 valence electrons. The number of carbonyl (C=O) groups excluding carboxylic acids is 3. The maximum absolute atomic E-state index is 13.3. The molecule has 45 heavy (non-hydrogen) atoms. The minimum atomic E-state index is -0.476. The molecular formula is C35H29FN4O3S2. The lowest BCUT2D eigenvalue weighted by Gasteiger charge is -2.13. The minimum absolute atomic E-state index is 0.0984. The van der Waals surface area contributed by atoms with Gasteiger partial charge in [0, 0.05) is 27.1 Å². The van der Waals surface area contributed by atoms with E-state index in [0.29, 0.717) is 22.1 Å². The van der Waals surface area contributed by atoms with Crippen molar-refractivity contribution in [3.63, 3.8) is 0 Å². The van der Waals surface area contributed by atoms with Crippen LogP contribution in [-0.4, -0.2) is 28.0 Å². The van der Waals surface area contributed by atoms with Crippen molar-refractivity contribution in [1.82, 2.24) is 10.3 Å². The minimum Gasteiger partial charge on any atom is -0.321 e. The first kappa shape index (κ1) is 31.4. The zero-order chi connectivity index (χ0) is 31.8. The van der Waals surface area contributed by atoms with E-state index in [1.54, 1.807) is 61.5 Å². The third kappa shape index (κ3) is 8.75. The lowest BCUT2D eigenvalue weighted by Crippen LogP contribution is -2.30. The topological polar surface area (TPSA) is 100 Å². The molecule has 1 aromatic heterocycles. The Hall–Kier alpha value is -5.06. The SMILES string of the molecule is Cc1ccc(/C=C(\NC(=O)c2ccccc2)C(=O)Nc2ccc(SC(C)C(=O)Nc3nc(-c4ccc(F)cc4)cs3)cc2)cc1. The van der Waals surface area contributed by atoms with Crippen LogP contribution in [0.3, 0.4) is 0 Å².